The Bertz CT molecular complexity index is 190. The van der Waals surface area contributed by atoms with E-state index < -0.39 is 0 Å². The lowest BCUT2D eigenvalue weighted by Crippen LogP contribution is -2.39. The van der Waals surface area contributed by atoms with Crippen molar-refractivity contribution >= 4 is 5.91 Å². The lowest BCUT2D eigenvalue weighted by atomic mass is 10.2. The third-order valence-electron chi connectivity index (χ3n) is 2.25. The molecule has 0 aromatic carbocycles. The van der Waals surface area contributed by atoms with Crippen LogP contribution >= 0.6 is 0 Å². The second-order valence-electron chi connectivity index (χ2n) is 3.28. The highest BCUT2D eigenvalue weighted by atomic mass is 16.5. The first-order valence-corrected chi connectivity index (χ1v) is 5.09. The summed E-state index contributed by atoms with van der Waals surface area (Å²) in [5.41, 5.74) is 0. The number of amides is 1. The summed E-state index contributed by atoms with van der Waals surface area (Å²) in [5, 5.41) is 0. The minimum atomic E-state index is 0.0684. The molecule has 0 aliphatic heterocycles. The normalized spacial score (nSPS) is 13.1. The Morgan fingerprint density at radius 3 is 2.64 bits per heavy atom. The summed E-state index contributed by atoms with van der Waals surface area (Å²) >= 11 is 0. The molecule has 14 heavy (non-hydrogen) atoms. The first-order chi connectivity index (χ1) is 6.67. The first-order valence-electron chi connectivity index (χ1n) is 5.09. The van der Waals surface area contributed by atoms with E-state index in [2.05, 4.69) is 13.8 Å². The second-order valence-corrected chi connectivity index (χ2v) is 3.28. The topological polar surface area (TPSA) is 29.5 Å². The van der Waals surface area contributed by atoms with Crippen LogP contribution in [0.15, 0.2) is 12.2 Å². The average Bonchev–Trinajstić information content (AvgIpc) is 2.18. The number of carbonyl (C=O) groups is 1. The van der Waals surface area contributed by atoms with E-state index in [1.165, 1.54) is 0 Å². The molecule has 0 rings (SSSR count). The molecule has 82 valence electrons. The minimum absolute atomic E-state index is 0.0684. The zero-order valence-electron chi connectivity index (χ0n) is 9.62. The van der Waals surface area contributed by atoms with Gasteiger partial charge in [0.15, 0.2) is 0 Å². The molecular weight excluding hydrogens is 178 g/mol. The molecule has 0 spiro atoms. The quantitative estimate of drug-likeness (QED) is 0.611. The van der Waals surface area contributed by atoms with Gasteiger partial charge in [0.2, 0.25) is 5.91 Å². The molecule has 1 atom stereocenters. The molecule has 0 aromatic heterocycles. The fraction of sp³-hybridized carbons (Fsp3) is 0.727. The molecule has 0 aromatic rings. The molecule has 0 saturated heterocycles. The zero-order valence-corrected chi connectivity index (χ0v) is 9.62. The van der Waals surface area contributed by atoms with Gasteiger partial charge >= 0.3 is 0 Å². The van der Waals surface area contributed by atoms with Gasteiger partial charge in [-0.3, -0.25) is 4.79 Å². The number of ether oxygens (including phenoxy) is 1. The number of hydrogen-bond donors (Lipinski definition) is 0. The third kappa shape index (κ3) is 4.42. The maximum atomic E-state index is 11.6. The van der Waals surface area contributed by atoms with Crippen LogP contribution in [-0.2, 0) is 9.53 Å². The van der Waals surface area contributed by atoms with E-state index in [1.54, 1.807) is 19.3 Å². The predicted molar refractivity (Wildman–Crippen MR) is 58.2 cm³/mol. The molecule has 0 aliphatic rings. The average molecular weight is 199 g/mol. The second kappa shape index (κ2) is 7.56. The van der Waals surface area contributed by atoms with Gasteiger partial charge in [0.05, 0.1) is 6.61 Å². The first kappa shape index (κ1) is 13.2. The molecule has 3 heteroatoms. The lowest BCUT2D eigenvalue weighted by molar-refractivity contribution is -0.128. The van der Waals surface area contributed by atoms with Crippen molar-refractivity contribution in [2.24, 2.45) is 0 Å². The summed E-state index contributed by atoms with van der Waals surface area (Å²) in [6.07, 6.45) is 4.33. The van der Waals surface area contributed by atoms with Crippen molar-refractivity contribution in [1.82, 2.24) is 4.90 Å². The lowest BCUT2D eigenvalue weighted by Gasteiger charge is -2.27. The smallest absolute Gasteiger partial charge is 0.246 e. The van der Waals surface area contributed by atoms with Gasteiger partial charge in [-0.15, -0.1) is 0 Å². The molecule has 3 nitrogen and oxygen atoms in total. The van der Waals surface area contributed by atoms with Crippen LogP contribution in [0.25, 0.3) is 0 Å². The Labute approximate surface area is 86.7 Å². The van der Waals surface area contributed by atoms with Gasteiger partial charge in [-0.05, 0) is 26.3 Å². The molecular formula is C11H21NO2. The highest BCUT2D eigenvalue weighted by Crippen LogP contribution is 2.04. The van der Waals surface area contributed by atoms with Crippen LogP contribution in [0.3, 0.4) is 0 Å². The SMILES string of the molecule is CC=CC(=O)N(CCOC)C(C)CC. The third-order valence-corrected chi connectivity index (χ3v) is 2.25. The van der Waals surface area contributed by atoms with Gasteiger partial charge in [0, 0.05) is 19.7 Å². The summed E-state index contributed by atoms with van der Waals surface area (Å²) < 4.78 is 4.98. The predicted octanol–water partition coefficient (Wildman–Crippen LogP) is 1.84. The van der Waals surface area contributed by atoms with Gasteiger partial charge in [0.1, 0.15) is 0 Å². The Morgan fingerprint density at radius 2 is 2.21 bits per heavy atom. The number of rotatable bonds is 6. The number of allylic oxidation sites excluding steroid dienone is 1. The standard InChI is InChI=1S/C11H21NO2/c1-5-7-11(13)12(8-9-14-4)10(3)6-2/h5,7,10H,6,8-9H2,1-4H3. The van der Waals surface area contributed by atoms with Crippen molar-refractivity contribution in [3.8, 4) is 0 Å². The van der Waals surface area contributed by atoms with E-state index in [-0.39, 0.29) is 11.9 Å². The Hall–Kier alpha value is -0.830. The van der Waals surface area contributed by atoms with E-state index in [1.807, 2.05) is 11.8 Å². The van der Waals surface area contributed by atoms with Crippen LogP contribution in [0.4, 0.5) is 0 Å². The Morgan fingerprint density at radius 1 is 1.57 bits per heavy atom. The van der Waals surface area contributed by atoms with Gasteiger partial charge in [0.25, 0.3) is 0 Å². The molecule has 1 unspecified atom stereocenters. The van der Waals surface area contributed by atoms with Gasteiger partial charge < -0.3 is 9.64 Å². The molecule has 0 bridgehead atoms. The van der Waals surface area contributed by atoms with Crippen molar-refractivity contribution in [3.63, 3.8) is 0 Å². The van der Waals surface area contributed by atoms with Crippen LogP contribution in [0.1, 0.15) is 27.2 Å². The Balaban J connectivity index is 4.29. The number of methoxy groups -OCH3 is 1. The summed E-state index contributed by atoms with van der Waals surface area (Å²) in [6.45, 7) is 7.23. The largest absolute Gasteiger partial charge is 0.383 e. The highest BCUT2D eigenvalue weighted by Gasteiger charge is 2.15. The summed E-state index contributed by atoms with van der Waals surface area (Å²) in [6, 6.07) is 0.272. The van der Waals surface area contributed by atoms with Gasteiger partial charge in [-0.1, -0.05) is 13.0 Å². The van der Waals surface area contributed by atoms with Crippen molar-refractivity contribution < 1.29 is 9.53 Å². The Kier molecular flexibility index (Phi) is 7.11. The summed E-state index contributed by atoms with van der Waals surface area (Å²) in [5.74, 6) is 0.0684. The molecule has 0 aliphatic carbocycles. The van der Waals surface area contributed by atoms with Crippen molar-refractivity contribution in [2.75, 3.05) is 20.3 Å². The van der Waals surface area contributed by atoms with Crippen LogP contribution in [-0.4, -0.2) is 37.1 Å². The van der Waals surface area contributed by atoms with Crippen molar-refractivity contribution in [2.45, 2.75) is 33.2 Å². The van der Waals surface area contributed by atoms with E-state index >= 15 is 0 Å². The summed E-state index contributed by atoms with van der Waals surface area (Å²) in [7, 11) is 1.65. The summed E-state index contributed by atoms with van der Waals surface area (Å²) in [4.78, 5) is 13.5. The number of hydrogen-bond acceptors (Lipinski definition) is 2. The molecule has 1 amide bonds. The molecule has 0 heterocycles. The van der Waals surface area contributed by atoms with Crippen LogP contribution in [0, 0.1) is 0 Å². The van der Waals surface area contributed by atoms with E-state index in [9.17, 15) is 4.79 Å². The maximum Gasteiger partial charge on any atom is 0.246 e. The van der Waals surface area contributed by atoms with E-state index in [4.69, 9.17) is 4.74 Å². The molecule has 0 radical (unpaired) electrons. The molecule has 0 N–H and O–H groups in total. The molecule has 0 saturated carbocycles. The van der Waals surface area contributed by atoms with Crippen molar-refractivity contribution in [1.29, 1.82) is 0 Å². The van der Waals surface area contributed by atoms with Crippen LogP contribution in [0.5, 0.6) is 0 Å². The highest BCUT2D eigenvalue weighted by molar-refractivity contribution is 5.87. The van der Waals surface area contributed by atoms with Crippen molar-refractivity contribution in [3.05, 3.63) is 12.2 Å². The zero-order chi connectivity index (χ0) is 11.0. The minimum Gasteiger partial charge on any atom is -0.383 e. The fourth-order valence-electron chi connectivity index (χ4n) is 1.20. The monoisotopic (exact) mass is 199 g/mol. The van der Waals surface area contributed by atoms with Gasteiger partial charge in [-0.2, -0.15) is 0 Å². The maximum absolute atomic E-state index is 11.6. The fourth-order valence-corrected chi connectivity index (χ4v) is 1.20. The van der Waals surface area contributed by atoms with Crippen LogP contribution < -0.4 is 0 Å². The molecule has 0 fully saturated rings. The van der Waals surface area contributed by atoms with Crippen LogP contribution in [0.2, 0.25) is 0 Å². The van der Waals surface area contributed by atoms with Gasteiger partial charge in [-0.25, -0.2) is 0 Å². The van der Waals surface area contributed by atoms with E-state index in [0.29, 0.717) is 13.2 Å². The van der Waals surface area contributed by atoms with E-state index in [0.717, 1.165) is 6.42 Å². The number of carbonyl (C=O) groups excluding carboxylic acids is 1. The number of nitrogens with zero attached hydrogens (tertiary/aromatic N) is 1.